The molecule has 0 aliphatic carbocycles. The SMILES string of the molecule is N#Cc1cc(-c2ncnc(Nc3ccc(N4CCN(C5COC5)CC4)c(F)c3)n2)ccc1O[C@H]1CCN(C(=O)c2cn[nH]n2)C[C@@H]1F. The Kier molecular flexibility index (Phi) is 8.55. The fraction of sp³-hybridized carbons (Fsp3) is 0.387. The number of H-pyrrole nitrogens is 1. The van der Waals surface area contributed by atoms with Crippen LogP contribution in [-0.2, 0) is 4.74 Å². The number of amides is 1. The molecule has 47 heavy (non-hydrogen) atoms. The van der Waals surface area contributed by atoms with E-state index in [1.165, 1.54) is 23.5 Å². The maximum atomic E-state index is 15.2. The van der Waals surface area contributed by atoms with Crippen LogP contribution in [0.1, 0.15) is 22.5 Å². The van der Waals surface area contributed by atoms with Crippen LogP contribution < -0.4 is 15.0 Å². The molecular formula is C31H31F2N11O3. The van der Waals surface area contributed by atoms with Crippen molar-refractivity contribution >= 4 is 23.2 Å². The van der Waals surface area contributed by atoms with Gasteiger partial charge in [-0.3, -0.25) is 9.69 Å². The Balaban J connectivity index is 0.985. The zero-order valence-corrected chi connectivity index (χ0v) is 25.2. The van der Waals surface area contributed by atoms with Crippen LogP contribution in [0.3, 0.4) is 0 Å². The standard InChI is InChI=1S/C31H31F2N11O3/c32-23-12-21(2-3-26(23)43-9-7-42(8-10-43)22-16-46-17-22)38-31-36-18-35-29(39-31)19-1-4-27(20(11-19)13-34)47-28-5-6-44(15-24(28)33)30(45)25-14-37-41-40-25/h1-4,11-12,14,18,22,24,28H,5-10,15-17H2,(H,37,40,41)(H,35,36,38,39)/t24-,28-/m0/s1. The number of piperazine rings is 1. The van der Waals surface area contributed by atoms with E-state index < -0.39 is 18.2 Å². The van der Waals surface area contributed by atoms with E-state index in [9.17, 15) is 10.1 Å². The average molecular weight is 644 g/mol. The molecule has 0 radical (unpaired) electrons. The Hall–Kier alpha value is -5.27. The maximum absolute atomic E-state index is 15.2. The number of halogens is 2. The Bertz CT molecular complexity index is 1770. The molecule has 242 valence electrons. The molecule has 14 nitrogen and oxygen atoms in total. The Morgan fingerprint density at radius 1 is 1.11 bits per heavy atom. The minimum atomic E-state index is -1.47. The van der Waals surface area contributed by atoms with E-state index in [0.717, 1.165) is 39.4 Å². The number of benzene rings is 2. The summed E-state index contributed by atoms with van der Waals surface area (Å²) < 4.78 is 41.5. The Morgan fingerprint density at radius 3 is 2.66 bits per heavy atom. The molecule has 5 heterocycles. The number of piperidine rings is 1. The Morgan fingerprint density at radius 2 is 1.96 bits per heavy atom. The van der Waals surface area contributed by atoms with E-state index in [-0.39, 0.29) is 54.1 Å². The number of nitriles is 1. The summed E-state index contributed by atoms with van der Waals surface area (Å²) in [4.78, 5) is 31.2. The summed E-state index contributed by atoms with van der Waals surface area (Å²) in [5, 5.41) is 22.6. The number of alkyl halides is 1. The average Bonchev–Trinajstić information content (AvgIpc) is 3.61. The third-order valence-electron chi connectivity index (χ3n) is 8.61. The fourth-order valence-corrected chi connectivity index (χ4v) is 5.92. The molecule has 1 amide bonds. The number of rotatable bonds is 8. The summed E-state index contributed by atoms with van der Waals surface area (Å²) in [6, 6.07) is 12.3. The summed E-state index contributed by atoms with van der Waals surface area (Å²) in [6.07, 6.45) is 0.520. The van der Waals surface area contributed by atoms with Crippen LogP contribution in [0.2, 0.25) is 0 Å². The molecule has 0 spiro atoms. The quantitative estimate of drug-likeness (QED) is 0.289. The van der Waals surface area contributed by atoms with Crippen molar-refractivity contribution in [2.75, 3.05) is 62.7 Å². The summed E-state index contributed by atoms with van der Waals surface area (Å²) in [5.74, 6) is -0.0759. The predicted octanol–water partition coefficient (Wildman–Crippen LogP) is 2.56. The van der Waals surface area contributed by atoms with Crippen LogP contribution >= 0.6 is 0 Å². The summed E-state index contributed by atoms with van der Waals surface area (Å²) in [6.45, 7) is 4.84. The van der Waals surface area contributed by atoms with Gasteiger partial charge in [-0.1, -0.05) is 0 Å². The number of carbonyl (C=O) groups is 1. The van der Waals surface area contributed by atoms with Crippen molar-refractivity contribution < 1.29 is 23.0 Å². The van der Waals surface area contributed by atoms with Crippen LogP contribution in [-0.4, -0.2) is 117 Å². The number of hydrogen-bond donors (Lipinski definition) is 2. The first-order valence-electron chi connectivity index (χ1n) is 15.3. The monoisotopic (exact) mass is 643 g/mol. The zero-order chi connectivity index (χ0) is 32.3. The molecule has 16 heteroatoms. The molecule has 4 aromatic rings. The number of hydrogen-bond acceptors (Lipinski definition) is 12. The highest BCUT2D eigenvalue weighted by molar-refractivity contribution is 5.92. The van der Waals surface area contributed by atoms with Gasteiger partial charge in [0, 0.05) is 50.4 Å². The second kappa shape index (κ2) is 13.2. The Labute approximate surface area is 268 Å². The van der Waals surface area contributed by atoms with Gasteiger partial charge in [-0.15, -0.1) is 0 Å². The van der Waals surface area contributed by atoms with E-state index in [4.69, 9.17) is 9.47 Å². The number of anilines is 3. The van der Waals surface area contributed by atoms with Gasteiger partial charge in [0.1, 0.15) is 30.1 Å². The summed E-state index contributed by atoms with van der Waals surface area (Å²) in [5.41, 5.74) is 1.82. The second-order valence-electron chi connectivity index (χ2n) is 11.5. The predicted molar refractivity (Wildman–Crippen MR) is 164 cm³/mol. The summed E-state index contributed by atoms with van der Waals surface area (Å²) in [7, 11) is 0. The number of likely N-dealkylation sites (tertiary alicyclic amines) is 1. The molecule has 0 unspecified atom stereocenters. The number of nitrogens with one attached hydrogen (secondary N) is 2. The van der Waals surface area contributed by atoms with Crippen LogP contribution in [0.5, 0.6) is 5.75 Å². The molecule has 7 rings (SSSR count). The molecule has 2 N–H and O–H groups in total. The molecule has 3 saturated heterocycles. The van der Waals surface area contributed by atoms with Gasteiger partial charge in [-0.05, 0) is 36.4 Å². The largest absolute Gasteiger partial charge is 0.486 e. The minimum Gasteiger partial charge on any atom is -0.486 e. The molecule has 2 aromatic carbocycles. The smallest absolute Gasteiger partial charge is 0.276 e. The lowest BCUT2D eigenvalue weighted by Gasteiger charge is -2.43. The topological polar surface area (TPSA) is 161 Å². The van der Waals surface area contributed by atoms with Crippen LogP contribution in [0.25, 0.3) is 11.4 Å². The number of carbonyl (C=O) groups excluding carboxylic acids is 1. The van der Waals surface area contributed by atoms with Gasteiger partial charge in [0.25, 0.3) is 5.91 Å². The van der Waals surface area contributed by atoms with E-state index in [1.54, 1.807) is 30.3 Å². The van der Waals surface area contributed by atoms with Crippen LogP contribution in [0.15, 0.2) is 48.9 Å². The van der Waals surface area contributed by atoms with E-state index >= 15 is 8.78 Å². The summed E-state index contributed by atoms with van der Waals surface area (Å²) >= 11 is 0. The molecular weight excluding hydrogens is 612 g/mol. The van der Waals surface area contributed by atoms with Crippen molar-refractivity contribution in [2.24, 2.45) is 0 Å². The normalized spacial score (nSPS) is 20.4. The van der Waals surface area contributed by atoms with Crippen LogP contribution in [0, 0.1) is 17.1 Å². The molecule has 3 aliphatic rings. The van der Waals surface area contributed by atoms with Gasteiger partial charge in [0.15, 0.2) is 17.7 Å². The highest BCUT2D eigenvalue weighted by Gasteiger charge is 2.35. The lowest BCUT2D eigenvalue weighted by atomic mass is 10.0. The van der Waals surface area contributed by atoms with E-state index in [2.05, 4.69) is 51.5 Å². The van der Waals surface area contributed by atoms with E-state index in [1.807, 2.05) is 0 Å². The highest BCUT2D eigenvalue weighted by Crippen LogP contribution is 2.30. The molecule has 3 aliphatic heterocycles. The highest BCUT2D eigenvalue weighted by atomic mass is 19.1. The first kappa shape index (κ1) is 30.4. The van der Waals surface area contributed by atoms with Crippen molar-refractivity contribution in [1.29, 1.82) is 5.26 Å². The van der Waals surface area contributed by atoms with Gasteiger partial charge in [-0.25, -0.2) is 18.7 Å². The van der Waals surface area contributed by atoms with Gasteiger partial charge in [0.05, 0.1) is 43.2 Å². The molecule has 0 saturated carbocycles. The number of aromatic nitrogens is 6. The maximum Gasteiger partial charge on any atom is 0.276 e. The number of nitrogens with zero attached hydrogens (tertiary/aromatic N) is 9. The van der Waals surface area contributed by atoms with Crippen molar-refractivity contribution in [1.82, 2.24) is 40.2 Å². The van der Waals surface area contributed by atoms with E-state index in [0.29, 0.717) is 23.0 Å². The first-order chi connectivity index (χ1) is 22.9. The van der Waals surface area contributed by atoms with Gasteiger partial charge in [-0.2, -0.15) is 25.7 Å². The third kappa shape index (κ3) is 6.53. The van der Waals surface area contributed by atoms with Crippen molar-refractivity contribution in [3.63, 3.8) is 0 Å². The zero-order valence-electron chi connectivity index (χ0n) is 25.2. The molecule has 3 fully saturated rings. The van der Waals surface area contributed by atoms with Crippen molar-refractivity contribution in [3.05, 3.63) is 66.0 Å². The fourth-order valence-electron chi connectivity index (χ4n) is 5.92. The molecule has 0 bridgehead atoms. The third-order valence-corrected chi connectivity index (χ3v) is 8.61. The van der Waals surface area contributed by atoms with Gasteiger partial charge < -0.3 is 24.6 Å². The van der Waals surface area contributed by atoms with Crippen molar-refractivity contribution in [2.45, 2.75) is 24.7 Å². The van der Waals surface area contributed by atoms with Crippen molar-refractivity contribution in [3.8, 4) is 23.2 Å². The van der Waals surface area contributed by atoms with Crippen LogP contribution in [0.4, 0.5) is 26.1 Å². The lowest BCUT2D eigenvalue weighted by molar-refractivity contribution is -0.0660. The molecule has 2 aromatic heterocycles. The lowest BCUT2D eigenvalue weighted by Crippen LogP contribution is -2.56. The molecule has 2 atom stereocenters. The minimum absolute atomic E-state index is 0.112. The van der Waals surface area contributed by atoms with Gasteiger partial charge >= 0.3 is 0 Å². The second-order valence-corrected chi connectivity index (χ2v) is 11.5. The number of ether oxygens (including phenoxy) is 2. The van der Waals surface area contributed by atoms with Gasteiger partial charge in [0.2, 0.25) is 5.95 Å². The number of aromatic amines is 1. The first-order valence-corrected chi connectivity index (χ1v) is 15.3.